The molecule has 2 aromatic heterocycles. The van der Waals surface area contributed by atoms with E-state index < -0.39 is 12.0 Å². The molecule has 1 aliphatic rings. The van der Waals surface area contributed by atoms with Crippen LogP contribution in [0, 0.1) is 0 Å². The van der Waals surface area contributed by atoms with Crippen LogP contribution >= 0.6 is 0 Å². The average molecular weight is 431 g/mol. The Morgan fingerprint density at radius 1 is 1.16 bits per heavy atom. The third-order valence-electron chi connectivity index (χ3n) is 5.56. The zero-order valence-electron chi connectivity index (χ0n) is 17.9. The number of aliphatic carboxylic acids is 1. The number of ether oxygens (including phenoxy) is 1. The van der Waals surface area contributed by atoms with Crippen molar-refractivity contribution in [3.05, 3.63) is 71.8 Å². The minimum atomic E-state index is -0.944. The fourth-order valence-corrected chi connectivity index (χ4v) is 3.92. The monoisotopic (exact) mass is 431 g/mol. The first-order valence-electron chi connectivity index (χ1n) is 10.7. The first kappa shape index (κ1) is 21.5. The zero-order valence-corrected chi connectivity index (χ0v) is 17.9. The molecule has 3 aromatic rings. The number of hydrogen-bond acceptors (Lipinski definition) is 6. The summed E-state index contributed by atoms with van der Waals surface area (Å²) in [5.41, 5.74) is 2.38. The van der Waals surface area contributed by atoms with E-state index in [2.05, 4.69) is 15.3 Å². The summed E-state index contributed by atoms with van der Waals surface area (Å²) in [4.78, 5) is 32.4. The highest BCUT2D eigenvalue weighted by molar-refractivity contribution is 5.98. The molecule has 2 heterocycles. The Labute approximate surface area is 186 Å². The van der Waals surface area contributed by atoms with Crippen LogP contribution in [0.25, 0.3) is 10.8 Å². The SMILES string of the molecule is CCCC1=C(N[C@@H](Cc2ccc(Oc3nccc4ccncc34)cc2)C(=O)O)CCC1=O. The Hall–Kier alpha value is -3.74. The first-order chi connectivity index (χ1) is 15.5. The molecule has 0 unspecified atom stereocenters. The van der Waals surface area contributed by atoms with E-state index in [0.717, 1.165) is 34.0 Å². The van der Waals surface area contributed by atoms with E-state index in [1.54, 1.807) is 30.7 Å². The average Bonchev–Trinajstić information content (AvgIpc) is 3.14. The first-order valence-corrected chi connectivity index (χ1v) is 10.7. The molecule has 7 nitrogen and oxygen atoms in total. The number of nitrogens with one attached hydrogen (secondary N) is 1. The quantitative estimate of drug-likeness (QED) is 0.517. The Bertz CT molecular complexity index is 1170. The van der Waals surface area contributed by atoms with Crippen molar-refractivity contribution in [1.82, 2.24) is 15.3 Å². The number of hydrogen-bond donors (Lipinski definition) is 2. The fraction of sp³-hybridized carbons (Fsp3) is 0.280. The van der Waals surface area contributed by atoms with Gasteiger partial charge in [-0.1, -0.05) is 25.5 Å². The number of allylic oxidation sites excluding steroid dienone is 2. The second-order valence-corrected chi connectivity index (χ2v) is 7.83. The van der Waals surface area contributed by atoms with Crippen LogP contribution in [0.2, 0.25) is 0 Å². The summed E-state index contributed by atoms with van der Waals surface area (Å²) in [5, 5.41) is 14.6. The smallest absolute Gasteiger partial charge is 0.326 e. The number of aromatic nitrogens is 2. The standard InChI is InChI=1S/C25H25N3O4/c1-2-3-19-21(8-9-23(19)29)28-22(25(30)31)14-16-4-6-18(7-5-16)32-24-20-15-26-12-10-17(20)11-13-27-24/h4-7,10-13,15,22,28H,2-3,8-9,14H2,1H3,(H,30,31)/t22-/m0/s1. The minimum absolute atomic E-state index is 0.122. The van der Waals surface area contributed by atoms with Gasteiger partial charge >= 0.3 is 5.97 Å². The van der Waals surface area contributed by atoms with Gasteiger partial charge < -0.3 is 15.2 Å². The number of fused-ring (bicyclic) bond motifs is 1. The molecule has 1 aromatic carbocycles. The summed E-state index contributed by atoms with van der Waals surface area (Å²) in [6, 6.07) is 10.3. The molecule has 0 saturated carbocycles. The normalized spacial score (nSPS) is 14.6. The number of nitrogens with zero attached hydrogens (tertiary/aromatic N) is 2. The van der Waals surface area contributed by atoms with Crippen LogP contribution in [0.15, 0.2) is 66.3 Å². The van der Waals surface area contributed by atoms with Gasteiger partial charge in [0, 0.05) is 42.7 Å². The van der Waals surface area contributed by atoms with Crippen LogP contribution in [0.3, 0.4) is 0 Å². The van der Waals surface area contributed by atoms with Crippen molar-refractivity contribution in [3.63, 3.8) is 0 Å². The maximum Gasteiger partial charge on any atom is 0.326 e. The van der Waals surface area contributed by atoms with E-state index in [4.69, 9.17) is 4.74 Å². The van der Waals surface area contributed by atoms with Crippen LogP contribution in [0.1, 0.15) is 38.2 Å². The molecular formula is C25H25N3O4. The van der Waals surface area contributed by atoms with Crippen LogP contribution in [0.5, 0.6) is 11.6 Å². The number of ketones is 1. The Kier molecular flexibility index (Phi) is 6.44. The van der Waals surface area contributed by atoms with E-state index in [9.17, 15) is 14.7 Å². The molecule has 1 atom stereocenters. The van der Waals surface area contributed by atoms with Gasteiger partial charge in [0.2, 0.25) is 5.88 Å². The van der Waals surface area contributed by atoms with Crippen LogP contribution < -0.4 is 10.1 Å². The highest BCUT2D eigenvalue weighted by atomic mass is 16.5. The third kappa shape index (κ3) is 4.77. The molecule has 1 aliphatic carbocycles. The summed E-state index contributed by atoms with van der Waals surface area (Å²) in [6.07, 6.45) is 7.98. The summed E-state index contributed by atoms with van der Waals surface area (Å²) in [5.74, 6) is 0.249. The molecule has 0 radical (unpaired) electrons. The summed E-state index contributed by atoms with van der Waals surface area (Å²) < 4.78 is 5.93. The lowest BCUT2D eigenvalue weighted by atomic mass is 10.0. The fourth-order valence-electron chi connectivity index (χ4n) is 3.92. The van der Waals surface area contributed by atoms with Gasteiger partial charge in [-0.3, -0.25) is 9.78 Å². The Morgan fingerprint density at radius 3 is 2.69 bits per heavy atom. The lowest BCUT2D eigenvalue weighted by Crippen LogP contribution is -2.38. The molecule has 0 spiro atoms. The Morgan fingerprint density at radius 2 is 1.94 bits per heavy atom. The predicted octanol–water partition coefficient (Wildman–Crippen LogP) is 4.42. The van der Waals surface area contributed by atoms with Gasteiger partial charge in [0.05, 0.1) is 5.39 Å². The molecule has 4 rings (SSSR count). The number of Topliss-reactive ketones (excluding diaryl/α,β-unsaturated/α-hetero) is 1. The number of benzene rings is 1. The Balaban J connectivity index is 1.47. The van der Waals surface area contributed by atoms with Gasteiger partial charge in [-0.2, -0.15) is 0 Å². The predicted molar refractivity (Wildman–Crippen MR) is 120 cm³/mol. The topological polar surface area (TPSA) is 101 Å². The number of carbonyl (C=O) groups is 2. The lowest BCUT2D eigenvalue weighted by molar-refractivity contribution is -0.139. The summed E-state index contributed by atoms with van der Waals surface area (Å²) in [7, 11) is 0. The van der Waals surface area contributed by atoms with Crippen molar-refractivity contribution in [3.8, 4) is 11.6 Å². The molecule has 0 aliphatic heterocycles. The maximum atomic E-state index is 12.1. The number of pyridine rings is 2. The van der Waals surface area contributed by atoms with E-state index >= 15 is 0 Å². The van der Waals surface area contributed by atoms with E-state index in [1.807, 2.05) is 31.2 Å². The van der Waals surface area contributed by atoms with Gasteiger partial charge in [0.15, 0.2) is 5.78 Å². The van der Waals surface area contributed by atoms with Gasteiger partial charge in [-0.15, -0.1) is 0 Å². The van der Waals surface area contributed by atoms with E-state index in [1.165, 1.54) is 0 Å². The van der Waals surface area contributed by atoms with Crippen molar-refractivity contribution < 1.29 is 19.4 Å². The molecule has 2 N–H and O–H groups in total. The van der Waals surface area contributed by atoms with Gasteiger partial charge in [0.1, 0.15) is 11.8 Å². The van der Waals surface area contributed by atoms with Crippen molar-refractivity contribution >= 4 is 22.5 Å². The third-order valence-corrected chi connectivity index (χ3v) is 5.56. The second kappa shape index (κ2) is 9.60. The molecule has 32 heavy (non-hydrogen) atoms. The number of carboxylic acid groups (broad SMARTS) is 1. The van der Waals surface area contributed by atoms with Crippen molar-refractivity contribution in [2.24, 2.45) is 0 Å². The lowest BCUT2D eigenvalue weighted by Gasteiger charge is -2.18. The van der Waals surface area contributed by atoms with Crippen LogP contribution in [0.4, 0.5) is 0 Å². The molecule has 0 saturated heterocycles. The van der Waals surface area contributed by atoms with Gasteiger partial charge in [-0.05, 0) is 48.1 Å². The van der Waals surface area contributed by atoms with Gasteiger partial charge in [0.25, 0.3) is 0 Å². The van der Waals surface area contributed by atoms with Crippen LogP contribution in [-0.2, 0) is 16.0 Å². The number of rotatable bonds is 9. The van der Waals surface area contributed by atoms with Crippen LogP contribution in [-0.4, -0.2) is 32.9 Å². The largest absolute Gasteiger partial charge is 0.480 e. The second-order valence-electron chi connectivity index (χ2n) is 7.83. The summed E-state index contributed by atoms with van der Waals surface area (Å²) in [6.45, 7) is 2.01. The molecule has 0 bridgehead atoms. The maximum absolute atomic E-state index is 12.1. The highest BCUT2D eigenvalue weighted by Crippen LogP contribution is 2.28. The number of carboxylic acids is 1. The minimum Gasteiger partial charge on any atom is -0.480 e. The van der Waals surface area contributed by atoms with Gasteiger partial charge in [-0.25, -0.2) is 9.78 Å². The number of carbonyl (C=O) groups excluding carboxylic acids is 1. The summed E-state index contributed by atoms with van der Waals surface area (Å²) >= 11 is 0. The highest BCUT2D eigenvalue weighted by Gasteiger charge is 2.26. The van der Waals surface area contributed by atoms with E-state index in [0.29, 0.717) is 37.3 Å². The van der Waals surface area contributed by atoms with Crippen molar-refractivity contribution in [2.75, 3.05) is 0 Å². The molecular weight excluding hydrogens is 406 g/mol. The zero-order chi connectivity index (χ0) is 22.5. The molecule has 7 heteroatoms. The molecule has 0 fully saturated rings. The van der Waals surface area contributed by atoms with E-state index in [-0.39, 0.29) is 5.78 Å². The van der Waals surface area contributed by atoms with Crippen molar-refractivity contribution in [1.29, 1.82) is 0 Å². The molecule has 164 valence electrons. The van der Waals surface area contributed by atoms with Crippen molar-refractivity contribution in [2.45, 2.75) is 45.1 Å². The molecule has 0 amide bonds.